The molecule has 2 N–H and O–H groups in total. The van der Waals surface area contributed by atoms with Crippen LogP contribution in [0.15, 0.2) is 12.4 Å². The molecule has 104 valence electrons. The molecule has 5 nitrogen and oxygen atoms in total. The van der Waals surface area contributed by atoms with Crippen molar-refractivity contribution in [1.29, 1.82) is 0 Å². The zero-order valence-corrected chi connectivity index (χ0v) is 11.3. The maximum atomic E-state index is 9.19. The first-order chi connectivity index (χ1) is 9.35. The SMILES string of the molecule is OCC1CCN(c2cc(NCC3CCC3)ncn2)C1. The zero-order chi connectivity index (χ0) is 13.1. The molecule has 0 amide bonds. The molecule has 0 bridgehead atoms. The van der Waals surface area contributed by atoms with E-state index in [1.165, 1.54) is 19.3 Å². The van der Waals surface area contributed by atoms with E-state index in [0.29, 0.717) is 5.92 Å². The molecule has 3 rings (SSSR count). The second kappa shape index (κ2) is 5.74. The number of hydrogen-bond donors (Lipinski definition) is 2. The number of rotatable bonds is 5. The Morgan fingerprint density at radius 2 is 2.16 bits per heavy atom. The lowest BCUT2D eigenvalue weighted by atomic mass is 9.85. The molecule has 19 heavy (non-hydrogen) atoms. The predicted octanol–water partition coefficient (Wildman–Crippen LogP) is 1.51. The van der Waals surface area contributed by atoms with Gasteiger partial charge in [0, 0.05) is 38.2 Å². The molecule has 2 fully saturated rings. The Morgan fingerprint density at radius 1 is 1.26 bits per heavy atom. The van der Waals surface area contributed by atoms with Gasteiger partial charge < -0.3 is 15.3 Å². The molecule has 1 aromatic heterocycles. The van der Waals surface area contributed by atoms with Gasteiger partial charge in [-0.15, -0.1) is 0 Å². The van der Waals surface area contributed by atoms with Crippen molar-refractivity contribution in [2.75, 3.05) is 36.5 Å². The van der Waals surface area contributed by atoms with Crippen molar-refractivity contribution in [1.82, 2.24) is 9.97 Å². The third-order valence-electron chi connectivity index (χ3n) is 4.32. The van der Waals surface area contributed by atoms with Gasteiger partial charge in [-0.25, -0.2) is 9.97 Å². The summed E-state index contributed by atoms with van der Waals surface area (Å²) in [4.78, 5) is 10.9. The highest BCUT2D eigenvalue weighted by molar-refractivity contribution is 5.49. The molecule has 2 aliphatic rings. The second-order valence-corrected chi connectivity index (χ2v) is 5.72. The Morgan fingerprint density at radius 3 is 2.84 bits per heavy atom. The minimum absolute atomic E-state index is 0.272. The minimum Gasteiger partial charge on any atom is -0.396 e. The number of aliphatic hydroxyl groups is 1. The number of hydrogen-bond acceptors (Lipinski definition) is 5. The van der Waals surface area contributed by atoms with E-state index >= 15 is 0 Å². The quantitative estimate of drug-likeness (QED) is 0.842. The third kappa shape index (κ3) is 2.97. The molecule has 0 radical (unpaired) electrons. The molecular weight excluding hydrogens is 240 g/mol. The monoisotopic (exact) mass is 262 g/mol. The van der Waals surface area contributed by atoms with E-state index in [1.807, 2.05) is 6.07 Å². The topological polar surface area (TPSA) is 61.3 Å². The molecular formula is C14H22N4O. The standard InChI is InChI=1S/C14H22N4O/c19-9-12-4-5-18(8-12)14-6-13(16-10-17-14)15-7-11-2-1-3-11/h6,10-12,19H,1-5,7-9H2,(H,15,16,17). The van der Waals surface area contributed by atoms with Crippen LogP contribution in [0, 0.1) is 11.8 Å². The number of anilines is 2. The summed E-state index contributed by atoms with van der Waals surface area (Å²) in [5.41, 5.74) is 0. The summed E-state index contributed by atoms with van der Waals surface area (Å²) in [6.07, 6.45) is 6.73. The van der Waals surface area contributed by atoms with Crippen LogP contribution < -0.4 is 10.2 Å². The van der Waals surface area contributed by atoms with E-state index in [0.717, 1.165) is 43.6 Å². The van der Waals surface area contributed by atoms with E-state index < -0.39 is 0 Å². The van der Waals surface area contributed by atoms with Gasteiger partial charge >= 0.3 is 0 Å². The smallest absolute Gasteiger partial charge is 0.134 e. The van der Waals surface area contributed by atoms with Crippen LogP contribution in [0.1, 0.15) is 25.7 Å². The maximum Gasteiger partial charge on any atom is 0.134 e. The van der Waals surface area contributed by atoms with Gasteiger partial charge in [0.2, 0.25) is 0 Å². The van der Waals surface area contributed by atoms with E-state index in [2.05, 4.69) is 20.2 Å². The fourth-order valence-corrected chi connectivity index (χ4v) is 2.75. The van der Waals surface area contributed by atoms with E-state index in [-0.39, 0.29) is 6.61 Å². The van der Waals surface area contributed by atoms with Gasteiger partial charge in [0.1, 0.15) is 18.0 Å². The van der Waals surface area contributed by atoms with E-state index in [4.69, 9.17) is 0 Å². The first kappa shape index (κ1) is 12.7. The van der Waals surface area contributed by atoms with Crippen LogP contribution in [0.25, 0.3) is 0 Å². The highest BCUT2D eigenvalue weighted by Gasteiger charge is 2.23. The van der Waals surface area contributed by atoms with Crippen LogP contribution in [0.4, 0.5) is 11.6 Å². The molecule has 1 saturated heterocycles. The lowest BCUT2D eigenvalue weighted by Gasteiger charge is -2.25. The largest absolute Gasteiger partial charge is 0.396 e. The molecule has 1 unspecified atom stereocenters. The summed E-state index contributed by atoms with van der Waals surface area (Å²) in [6, 6.07) is 2.03. The summed E-state index contributed by atoms with van der Waals surface area (Å²) in [6.45, 7) is 3.17. The first-order valence-electron chi connectivity index (χ1n) is 7.27. The Hall–Kier alpha value is -1.36. The van der Waals surface area contributed by atoms with Crippen LogP contribution in [0.5, 0.6) is 0 Å². The van der Waals surface area contributed by atoms with Crippen LogP contribution >= 0.6 is 0 Å². The predicted molar refractivity (Wildman–Crippen MR) is 75.3 cm³/mol. The van der Waals surface area contributed by atoms with E-state index in [1.54, 1.807) is 6.33 Å². The van der Waals surface area contributed by atoms with Crippen LogP contribution in [0.2, 0.25) is 0 Å². The molecule has 2 heterocycles. The highest BCUT2D eigenvalue weighted by atomic mass is 16.3. The summed E-state index contributed by atoms with van der Waals surface area (Å²) >= 11 is 0. The van der Waals surface area contributed by atoms with Crippen LogP contribution in [-0.2, 0) is 0 Å². The lowest BCUT2D eigenvalue weighted by molar-refractivity contribution is 0.238. The lowest BCUT2D eigenvalue weighted by Crippen LogP contribution is -2.23. The normalized spacial score (nSPS) is 23.4. The summed E-state index contributed by atoms with van der Waals surface area (Å²) < 4.78 is 0. The number of nitrogens with one attached hydrogen (secondary N) is 1. The third-order valence-corrected chi connectivity index (χ3v) is 4.32. The highest BCUT2D eigenvalue weighted by Crippen LogP contribution is 2.27. The maximum absolute atomic E-state index is 9.19. The molecule has 5 heteroatoms. The first-order valence-corrected chi connectivity index (χ1v) is 7.27. The molecule has 0 aromatic carbocycles. The van der Waals surface area contributed by atoms with Gasteiger partial charge in [-0.2, -0.15) is 0 Å². The van der Waals surface area contributed by atoms with Gasteiger partial charge in [-0.05, 0) is 25.2 Å². The molecule has 0 spiro atoms. The van der Waals surface area contributed by atoms with Crippen LogP contribution in [-0.4, -0.2) is 41.3 Å². The van der Waals surface area contributed by atoms with Crippen LogP contribution in [0.3, 0.4) is 0 Å². The molecule has 1 aliphatic carbocycles. The summed E-state index contributed by atoms with van der Waals surface area (Å²) in [5.74, 6) is 3.11. The second-order valence-electron chi connectivity index (χ2n) is 5.72. The number of aliphatic hydroxyl groups excluding tert-OH is 1. The van der Waals surface area contributed by atoms with Crippen molar-refractivity contribution in [3.8, 4) is 0 Å². The van der Waals surface area contributed by atoms with Gasteiger partial charge in [0.15, 0.2) is 0 Å². The Kier molecular flexibility index (Phi) is 3.82. The number of aromatic nitrogens is 2. The van der Waals surface area contributed by atoms with Crippen molar-refractivity contribution in [2.45, 2.75) is 25.7 Å². The fourth-order valence-electron chi connectivity index (χ4n) is 2.75. The van der Waals surface area contributed by atoms with Crippen molar-refractivity contribution < 1.29 is 5.11 Å². The van der Waals surface area contributed by atoms with Crippen molar-refractivity contribution in [2.24, 2.45) is 11.8 Å². The van der Waals surface area contributed by atoms with Crippen molar-refractivity contribution in [3.05, 3.63) is 12.4 Å². The minimum atomic E-state index is 0.272. The summed E-state index contributed by atoms with van der Waals surface area (Å²) in [5, 5.41) is 12.6. The Bertz CT molecular complexity index is 422. The van der Waals surface area contributed by atoms with Crippen molar-refractivity contribution >= 4 is 11.6 Å². The van der Waals surface area contributed by atoms with Gasteiger partial charge in [-0.1, -0.05) is 6.42 Å². The molecule has 1 aromatic rings. The average molecular weight is 262 g/mol. The fraction of sp³-hybridized carbons (Fsp3) is 0.714. The molecule has 1 atom stereocenters. The Balaban J connectivity index is 1.59. The van der Waals surface area contributed by atoms with E-state index in [9.17, 15) is 5.11 Å². The Labute approximate surface area is 114 Å². The summed E-state index contributed by atoms with van der Waals surface area (Å²) in [7, 11) is 0. The molecule has 1 saturated carbocycles. The molecule has 1 aliphatic heterocycles. The van der Waals surface area contributed by atoms with Gasteiger partial charge in [0.05, 0.1) is 0 Å². The van der Waals surface area contributed by atoms with Gasteiger partial charge in [-0.3, -0.25) is 0 Å². The van der Waals surface area contributed by atoms with Crippen molar-refractivity contribution in [3.63, 3.8) is 0 Å². The van der Waals surface area contributed by atoms with Gasteiger partial charge in [0.25, 0.3) is 0 Å². The zero-order valence-electron chi connectivity index (χ0n) is 11.3. The number of nitrogens with zero attached hydrogens (tertiary/aromatic N) is 3. The average Bonchev–Trinajstić information content (AvgIpc) is 2.86.